The number of fused-ring (bicyclic) bond motifs is 2. The number of aryl methyl sites for hydroxylation is 1. The number of rotatable bonds is 5. The van der Waals surface area contributed by atoms with E-state index in [9.17, 15) is 19.5 Å². The molecule has 1 amide bonds. The number of aliphatic hydroxyl groups is 1. The zero-order valence-electron chi connectivity index (χ0n) is 19.0. The fourth-order valence-electron chi connectivity index (χ4n) is 4.68. The maximum Gasteiger partial charge on any atom is 0.331 e. The molecule has 6 rings (SSSR count). The lowest BCUT2D eigenvalue weighted by Gasteiger charge is -2.31. The number of imidazole rings is 1. The second-order valence-electron chi connectivity index (χ2n) is 9.29. The summed E-state index contributed by atoms with van der Waals surface area (Å²) in [5.41, 5.74) is 0.893. The molecule has 4 heterocycles. The van der Waals surface area contributed by atoms with Crippen molar-refractivity contribution in [3.8, 4) is 0 Å². The van der Waals surface area contributed by atoms with Crippen molar-refractivity contribution < 1.29 is 9.90 Å². The Morgan fingerprint density at radius 3 is 2.56 bits per heavy atom. The molecule has 1 saturated heterocycles. The number of para-hydroxylation sites is 2. The number of amides is 1. The van der Waals surface area contributed by atoms with Crippen LogP contribution in [0.3, 0.4) is 0 Å². The normalized spacial score (nSPS) is 16.9. The molecule has 10 heteroatoms. The van der Waals surface area contributed by atoms with Gasteiger partial charge in [-0.3, -0.25) is 18.7 Å². The molecule has 1 unspecified atom stereocenters. The van der Waals surface area contributed by atoms with Gasteiger partial charge >= 0.3 is 5.69 Å². The summed E-state index contributed by atoms with van der Waals surface area (Å²) < 4.78 is 4.49. The third-order valence-corrected chi connectivity index (χ3v) is 8.27. The van der Waals surface area contributed by atoms with Gasteiger partial charge in [0.1, 0.15) is 16.8 Å². The maximum absolute atomic E-state index is 13.6. The Balaban J connectivity index is 1.63. The monoisotopic (exact) mass is 479 g/mol. The molecule has 9 nitrogen and oxygen atoms in total. The Morgan fingerprint density at radius 2 is 1.91 bits per heavy atom. The van der Waals surface area contributed by atoms with E-state index in [1.807, 2.05) is 31.3 Å². The third-order valence-electron chi connectivity index (χ3n) is 7.01. The first-order valence-electron chi connectivity index (χ1n) is 11.5. The molecular formula is C24H25N5O4S. The molecule has 1 N–H and O–H groups in total. The van der Waals surface area contributed by atoms with Crippen molar-refractivity contribution in [1.82, 2.24) is 23.6 Å². The molecule has 0 bridgehead atoms. The molecule has 1 aliphatic heterocycles. The van der Waals surface area contributed by atoms with Gasteiger partial charge in [-0.05, 0) is 37.3 Å². The quantitative estimate of drug-likeness (QED) is 0.472. The molecule has 3 aromatic heterocycles. The van der Waals surface area contributed by atoms with E-state index in [0.717, 1.165) is 46.2 Å². The highest BCUT2D eigenvalue weighted by molar-refractivity contribution is 7.19. The van der Waals surface area contributed by atoms with E-state index in [4.69, 9.17) is 0 Å². The summed E-state index contributed by atoms with van der Waals surface area (Å²) in [6.45, 7) is 1.73. The number of thiophene rings is 1. The topological polar surface area (TPSA) is 102 Å². The third kappa shape index (κ3) is 3.08. The SMILES string of the molecule is Cn1c(=O)c2c(C(=O)N3CCC3)c(C(O)c3nc4ccccc4n3C)sc2n(CC2CC2)c1=O. The molecule has 0 radical (unpaired) electrons. The van der Waals surface area contributed by atoms with E-state index in [0.29, 0.717) is 41.1 Å². The number of aromatic nitrogens is 4. The standard InChI is InChI=1S/C24H25N5O4S/c1-26-15-7-4-3-6-14(15)25-20(26)18(30)19-16(22(32)28-10-5-11-28)17-21(31)27(2)24(33)29(23(17)34-19)12-13-8-9-13/h3-4,6-7,13,18,30H,5,8-12H2,1-2H3. The Labute approximate surface area is 198 Å². The van der Waals surface area contributed by atoms with Crippen LogP contribution in [0.15, 0.2) is 33.9 Å². The maximum atomic E-state index is 13.6. The highest BCUT2D eigenvalue weighted by atomic mass is 32.1. The van der Waals surface area contributed by atoms with Crippen LogP contribution >= 0.6 is 11.3 Å². The minimum Gasteiger partial charge on any atom is -0.380 e. The van der Waals surface area contributed by atoms with Crippen LogP contribution < -0.4 is 11.2 Å². The average molecular weight is 480 g/mol. The van der Waals surface area contributed by atoms with Crippen LogP contribution in [0, 0.1) is 5.92 Å². The Morgan fingerprint density at radius 1 is 1.18 bits per heavy atom. The number of likely N-dealkylation sites (tertiary alicyclic amines) is 1. The van der Waals surface area contributed by atoms with Gasteiger partial charge in [0.2, 0.25) is 0 Å². The van der Waals surface area contributed by atoms with E-state index in [1.165, 1.54) is 7.05 Å². The van der Waals surface area contributed by atoms with Gasteiger partial charge in [0.15, 0.2) is 0 Å². The fraction of sp³-hybridized carbons (Fsp3) is 0.417. The lowest BCUT2D eigenvalue weighted by atomic mass is 10.1. The first-order chi connectivity index (χ1) is 16.4. The fourth-order valence-corrected chi connectivity index (χ4v) is 5.95. The molecule has 4 aromatic rings. The van der Waals surface area contributed by atoms with Gasteiger partial charge in [-0.15, -0.1) is 11.3 Å². The smallest absolute Gasteiger partial charge is 0.331 e. The summed E-state index contributed by atoms with van der Waals surface area (Å²) >= 11 is 1.16. The van der Waals surface area contributed by atoms with Gasteiger partial charge in [-0.2, -0.15) is 0 Å². The molecule has 0 spiro atoms. The lowest BCUT2D eigenvalue weighted by molar-refractivity contribution is 0.0649. The number of aliphatic hydroxyl groups excluding tert-OH is 1. The number of benzene rings is 1. The predicted octanol–water partition coefficient (Wildman–Crippen LogP) is 1.99. The summed E-state index contributed by atoms with van der Waals surface area (Å²) in [4.78, 5) is 47.0. The summed E-state index contributed by atoms with van der Waals surface area (Å²) in [6.07, 6.45) is 1.76. The van der Waals surface area contributed by atoms with Crippen LogP contribution in [0.5, 0.6) is 0 Å². The van der Waals surface area contributed by atoms with Crippen molar-refractivity contribution in [1.29, 1.82) is 0 Å². The van der Waals surface area contributed by atoms with Crippen LogP contribution in [0.2, 0.25) is 0 Å². The first-order valence-corrected chi connectivity index (χ1v) is 12.3. The molecule has 1 atom stereocenters. The van der Waals surface area contributed by atoms with E-state index in [2.05, 4.69) is 4.98 Å². The highest BCUT2D eigenvalue weighted by Crippen LogP contribution is 2.39. The van der Waals surface area contributed by atoms with Crippen LogP contribution in [-0.4, -0.2) is 47.7 Å². The van der Waals surface area contributed by atoms with Crippen LogP contribution in [0.4, 0.5) is 0 Å². The highest BCUT2D eigenvalue weighted by Gasteiger charge is 2.35. The van der Waals surface area contributed by atoms with Crippen molar-refractivity contribution in [2.45, 2.75) is 31.9 Å². The van der Waals surface area contributed by atoms with Crippen molar-refractivity contribution >= 4 is 38.5 Å². The second-order valence-corrected chi connectivity index (χ2v) is 10.3. The molecule has 1 aromatic carbocycles. The number of nitrogens with zero attached hydrogens (tertiary/aromatic N) is 5. The minimum atomic E-state index is -1.22. The van der Waals surface area contributed by atoms with Crippen molar-refractivity contribution in [3.05, 3.63) is 61.4 Å². The first kappa shape index (κ1) is 21.3. The van der Waals surface area contributed by atoms with Gasteiger partial charge in [-0.1, -0.05) is 12.1 Å². The number of hydrogen-bond acceptors (Lipinski definition) is 6. The summed E-state index contributed by atoms with van der Waals surface area (Å²) in [5.74, 6) is 0.501. The Bertz CT molecular complexity index is 1580. The van der Waals surface area contributed by atoms with Crippen LogP contribution in [0.25, 0.3) is 21.3 Å². The van der Waals surface area contributed by atoms with Crippen molar-refractivity contribution in [2.24, 2.45) is 20.0 Å². The van der Waals surface area contributed by atoms with E-state index >= 15 is 0 Å². The van der Waals surface area contributed by atoms with Crippen molar-refractivity contribution in [2.75, 3.05) is 13.1 Å². The molecule has 34 heavy (non-hydrogen) atoms. The average Bonchev–Trinajstić information content (AvgIpc) is 3.43. The predicted molar refractivity (Wildman–Crippen MR) is 129 cm³/mol. The molecule has 176 valence electrons. The molecule has 2 aliphatic rings. The minimum absolute atomic E-state index is 0.199. The van der Waals surface area contributed by atoms with Crippen molar-refractivity contribution in [3.63, 3.8) is 0 Å². The second kappa shape index (κ2) is 7.64. The van der Waals surface area contributed by atoms with E-state index in [1.54, 1.807) is 14.0 Å². The summed E-state index contributed by atoms with van der Waals surface area (Å²) in [7, 11) is 3.27. The van der Waals surface area contributed by atoms with Crippen LogP contribution in [0.1, 0.15) is 46.4 Å². The van der Waals surface area contributed by atoms with E-state index in [-0.39, 0.29) is 16.9 Å². The van der Waals surface area contributed by atoms with Gasteiger partial charge in [-0.25, -0.2) is 9.78 Å². The number of carbonyl (C=O) groups excluding carboxylic acids is 1. The molecule has 1 aliphatic carbocycles. The van der Waals surface area contributed by atoms with Gasteiger partial charge in [0.05, 0.1) is 26.9 Å². The lowest BCUT2D eigenvalue weighted by Crippen LogP contribution is -2.43. The Kier molecular flexibility index (Phi) is 4.79. The number of carbonyl (C=O) groups is 1. The van der Waals surface area contributed by atoms with Gasteiger partial charge in [0, 0.05) is 33.7 Å². The zero-order chi connectivity index (χ0) is 23.7. The van der Waals surface area contributed by atoms with E-state index < -0.39 is 17.4 Å². The molecular weight excluding hydrogens is 454 g/mol. The largest absolute Gasteiger partial charge is 0.380 e. The zero-order valence-corrected chi connectivity index (χ0v) is 19.8. The van der Waals surface area contributed by atoms with Gasteiger partial charge in [0.25, 0.3) is 11.5 Å². The van der Waals surface area contributed by atoms with Gasteiger partial charge < -0.3 is 14.6 Å². The Hall–Kier alpha value is -3.24. The number of hydrogen-bond donors (Lipinski definition) is 1. The summed E-state index contributed by atoms with van der Waals surface area (Å²) in [5, 5.41) is 11.8. The molecule has 2 fully saturated rings. The molecule has 1 saturated carbocycles. The van der Waals surface area contributed by atoms with Crippen LogP contribution in [-0.2, 0) is 20.6 Å². The summed E-state index contributed by atoms with van der Waals surface area (Å²) in [6, 6.07) is 7.56.